The molecule has 0 radical (unpaired) electrons. The van der Waals surface area contributed by atoms with Crippen LogP contribution in [0.4, 0.5) is 5.69 Å². The third kappa shape index (κ3) is 5.79. The largest absolute Gasteiger partial charge is 0.506 e. The van der Waals surface area contributed by atoms with Gasteiger partial charge >= 0.3 is 0 Å². The molecule has 10 heteroatoms. The monoisotopic (exact) mass is 593 g/mol. The Bertz CT molecular complexity index is 1110. The summed E-state index contributed by atoms with van der Waals surface area (Å²) in [5.74, 6) is -0.425. The van der Waals surface area contributed by atoms with E-state index in [1.54, 1.807) is 30.3 Å². The van der Waals surface area contributed by atoms with E-state index in [2.05, 4.69) is 16.0 Å². The van der Waals surface area contributed by atoms with Gasteiger partial charge in [-0.2, -0.15) is 0 Å². The van der Waals surface area contributed by atoms with Gasteiger partial charge in [0.25, 0.3) is 5.91 Å². The number of thiocarbonyl (C=S) groups is 1. The number of rotatable bonds is 4. The van der Waals surface area contributed by atoms with Crippen LogP contribution in [-0.4, -0.2) is 26.1 Å². The zero-order valence-electron chi connectivity index (χ0n) is 15.1. The minimum absolute atomic E-state index is 0.00570. The number of aromatic hydroxyl groups is 1. The molecule has 0 aliphatic heterocycles. The smallest absolute Gasteiger partial charge is 0.254 e. The molecule has 3 aromatic rings. The van der Waals surface area contributed by atoms with Crippen LogP contribution in [-0.2, 0) is 0 Å². The molecule has 5 nitrogen and oxygen atoms in total. The second kappa shape index (κ2) is 9.74. The first-order valence-electron chi connectivity index (χ1n) is 8.56. The predicted molar refractivity (Wildman–Crippen MR) is 136 cm³/mol. The van der Waals surface area contributed by atoms with Gasteiger partial charge in [-0.25, -0.2) is 0 Å². The van der Waals surface area contributed by atoms with Gasteiger partial charge in [0.2, 0.25) is 3.79 Å². The van der Waals surface area contributed by atoms with Crippen molar-refractivity contribution in [3.8, 4) is 5.75 Å². The van der Waals surface area contributed by atoms with E-state index < -0.39 is 15.9 Å². The number of halogens is 4. The molecule has 3 aromatic carbocycles. The summed E-state index contributed by atoms with van der Waals surface area (Å²) in [6, 6.07) is 17.9. The molecule has 0 fully saturated rings. The number of hydrogen-bond acceptors (Lipinski definition) is 3. The summed E-state index contributed by atoms with van der Waals surface area (Å²) >= 11 is 25.5. The number of amides is 1. The van der Waals surface area contributed by atoms with Crippen LogP contribution in [0.3, 0.4) is 0 Å². The van der Waals surface area contributed by atoms with E-state index >= 15 is 0 Å². The maximum Gasteiger partial charge on any atom is 0.254 e. The van der Waals surface area contributed by atoms with Gasteiger partial charge in [0.15, 0.2) is 5.11 Å². The molecule has 0 aliphatic rings. The van der Waals surface area contributed by atoms with Crippen molar-refractivity contribution in [2.75, 3.05) is 5.32 Å². The van der Waals surface area contributed by atoms with E-state index in [9.17, 15) is 9.90 Å². The molecule has 0 aromatic heterocycles. The summed E-state index contributed by atoms with van der Waals surface area (Å²) in [6.45, 7) is 0. The van der Waals surface area contributed by atoms with Crippen molar-refractivity contribution < 1.29 is 9.90 Å². The minimum Gasteiger partial charge on any atom is -0.506 e. The number of carbonyl (C=O) groups is 1. The Morgan fingerprint density at radius 2 is 1.60 bits per heavy atom. The number of hydrogen-bond donors (Lipinski definition) is 4. The molecule has 0 aliphatic carbocycles. The van der Waals surface area contributed by atoms with E-state index in [-0.39, 0.29) is 10.9 Å². The number of alkyl halides is 3. The van der Waals surface area contributed by atoms with Gasteiger partial charge < -0.3 is 21.1 Å². The predicted octanol–water partition coefficient (Wildman–Crippen LogP) is 5.56. The number of fused-ring (bicyclic) bond motifs is 1. The van der Waals surface area contributed by atoms with Crippen LogP contribution in [0.5, 0.6) is 5.75 Å². The molecular formula is C20H15Cl3IN3O2S. The highest BCUT2D eigenvalue weighted by atomic mass is 127. The van der Waals surface area contributed by atoms with Crippen LogP contribution in [0.25, 0.3) is 10.8 Å². The van der Waals surface area contributed by atoms with Gasteiger partial charge in [-0.3, -0.25) is 4.79 Å². The van der Waals surface area contributed by atoms with Crippen LogP contribution in [0.2, 0.25) is 0 Å². The van der Waals surface area contributed by atoms with Gasteiger partial charge in [0.1, 0.15) is 11.9 Å². The average molecular weight is 595 g/mol. The Morgan fingerprint density at radius 1 is 1.00 bits per heavy atom. The second-order valence-electron chi connectivity index (χ2n) is 6.24. The molecular weight excluding hydrogens is 580 g/mol. The van der Waals surface area contributed by atoms with Crippen LogP contribution in [0.1, 0.15) is 10.4 Å². The van der Waals surface area contributed by atoms with Crippen molar-refractivity contribution in [2.45, 2.75) is 9.96 Å². The molecule has 0 bridgehead atoms. The third-order valence-corrected chi connectivity index (χ3v) is 5.92. The van der Waals surface area contributed by atoms with Crippen LogP contribution in [0.15, 0.2) is 60.7 Å². The highest BCUT2D eigenvalue weighted by molar-refractivity contribution is 14.1. The Labute approximate surface area is 207 Å². The lowest BCUT2D eigenvalue weighted by Gasteiger charge is -2.28. The Kier molecular flexibility index (Phi) is 7.52. The van der Waals surface area contributed by atoms with E-state index in [1.807, 2.05) is 52.9 Å². The lowest BCUT2D eigenvalue weighted by molar-refractivity contribution is 0.0933. The van der Waals surface area contributed by atoms with Gasteiger partial charge in [-0.15, -0.1) is 0 Å². The maximum atomic E-state index is 12.6. The molecule has 0 unspecified atom stereocenters. The summed E-state index contributed by atoms with van der Waals surface area (Å²) in [4.78, 5) is 12.6. The molecule has 0 heterocycles. The molecule has 1 atom stereocenters. The molecule has 4 N–H and O–H groups in total. The summed E-state index contributed by atoms with van der Waals surface area (Å²) in [5, 5.41) is 20.4. The number of anilines is 1. The number of carbonyl (C=O) groups excluding carboxylic acids is 1. The zero-order valence-corrected chi connectivity index (χ0v) is 20.4. The van der Waals surface area contributed by atoms with Crippen LogP contribution >= 0.6 is 69.6 Å². The lowest BCUT2D eigenvalue weighted by atomic mass is 10.1. The first kappa shape index (κ1) is 23.1. The number of phenolic OH excluding ortho intramolecular Hbond substituents is 1. The van der Waals surface area contributed by atoms with Crippen molar-refractivity contribution in [1.29, 1.82) is 0 Å². The lowest BCUT2D eigenvalue weighted by Crippen LogP contribution is -2.56. The van der Waals surface area contributed by atoms with Crippen molar-refractivity contribution in [2.24, 2.45) is 0 Å². The Balaban J connectivity index is 1.75. The van der Waals surface area contributed by atoms with E-state index in [0.29, 0.717) is 11.3 Å². The topological polar surface area (TPSA) is 73.4 Å². The van der Waals surface area contributed by atoms with Crippen molar-refractivity contribution >= 4 is 97.1 Å². The first-order valence-corrected chi connectivity index (χ1v) is 11.2. The van der Waals surface area contributed by atoms with Crippen molar-refractivity contribution in [3.05, 3.63) is 69.8 Å². The third-order valence-electron chi connectivity index (χ3n) is 4.11. The highest BCUT2D eigenvalue weighted by Gasteiger charge is 2.35. The second-order valence-corrected chi connectivity index (χ2v) is 10.2. The Hall–Kier alpha value is -1.52. The minimum atomic E-state index is -1.90. The average Bonchev–Trinajstić information content (AvgIpc) is 2.67. The Morgan fingerprint density at radius 3 is 2.23 bits per heavy atom. The number of nitrogens with one attached hydrogen (secondary N) is 3. The van der Waals surface area contributed by atoms with Gasteiger partial charge in [0.05, 0.1) is 11.3 Å². The molecule has 0 saturated heterocycles. The summed E-state index contributed by atoms with van der Waals surface area (Å²) in [5.41, 5.74) is 0.809. The summed E-state index contributed by atoms with van der Waals surface area (Å²) < 4.78 is -1.15. The molecule has 3 rings (SSSR count). The fourth-order valence-corrected chi connectivity index (χ4v) is 3.86. The zero-order chi connectivity index (χ0) is 21.9. The highest BCUT2D eigenvalue weighted by Crippen LogP contribution is 2.31. The van der Waals surface area contributed by atoms with Crippen LogP contribution in [0, 0.1) is 3.57 Å². The van der Waals surface area contributed by atoms with Crippen molar-refractivity contribution in [1.82, 2.24) is 10.6 Å². The van der Waals surface area contributed by atoms with Gasteiger partial charge in [-0.05, 0) is 69.8 Å². The normalized spacial score (nSPS) is 12.3. The molecule has 156 valence electrons. The quantitative estimate of drug-likeness (QED) is 0.105. The van der Waals surface area contributed by atoms with E-state index in [1.165, 1.54) is 0 Å². The maximum absolute atomic E-state index is 12.6. The fraction of sp³-hybridized carbons (Fsp3) is 0.100. The number of benzene rings is 3. The van der Waals surface area contributed by atoms with Gasteiger partial charge in [0, 0.05) is 3.57 Å². The molecule has 1 amide bonds. The standard InChI is InChI=1S/C20H15Cl3IN3O2S/c21-20(22,23)18(26-17(29)13-7-3-4-8-14(13)24)27-19(30)25-15-9-11-5-1-2-6-12(11)10-16(15)28/h1-10,18,28H,(H,26,29)(H2,25,27,30)/t18-/m0/s1. The fourth-order valence-electron chi connectivity index (χ4n) is 2.67. The molecule has 30 heavy (non-hydrogen) atoms. The van der Waals surface area contributed by atoms with E-state index in [0.717, 1.165) is 14.3 Å². The van der Waals surface area contributed by atoms with Crippen molar-refractivity contribution in [3.63, 3.8) is 0 Å². The van der Waals surface area contributed by atoms with Gasteiger partial charge in [-0.1, -0.05) is 71.2 Å². The summed E-state index contributed by atoms with van der Waals surface area (Å²) in [6.07, 6.45) is -1.13. The van der Waals surface area contributed by atoms with E-state index in [4.69, 9.17) is 47.0 Å². The molecule has 0 saturated carbocycles. The summed E-state index contributed by atoms with van der Waals surface area (Å²) in [7, 11) is 0. The first-order chi connectivity index (χ1) is 14.1. The van der Waals surface area contributed by atoms with Crippen LogP contribution < -0.4 is 16.0 Å². The number of phenols is 1. The molecule has 0 spiro atoms. The SMILES string of the molecule is O=C(N[C@@H](NC(=S)Nc1cc2ccccc2cc1O)C(Cl)(Cl)Cl)c1ccccc1I.